The fraction of sp³-hybridized carbons (Fsp3) is 0.615. The molecule has 86 valence electrons. The van der Waals surface area contributed by atoms with Crippen molar-refractivity contribution in [2.24, 2.45) is 0 Å². The third-order valence-corrected chi connectivity index (χ3v) is 3.81. The number of hydrogen-bond acceptors (Lipinski definition) is 2. The number of pyridine rings is 1. The smallest absolute Gasteiger partial charge is 0.250 e. The van der Waals surface area contributed by atoms with Crippen molar-refractivity contribution in [3.8, 4) is 0 Å². The molecule has 3 rings (SSSR count). The quantitative estimate of drug-likeness (QED) is 0.806. The molecule has 1 fully saturated rings. The Labute approximate surface area is 95.5 Å². The van der Waals surface area contributed by atoms with Gasteiger partial charge >= 0.3 is 0 Å². The first-order valence-electron chi connectivity index (χ1n) is 6.29. The Morgan fingerprint density at radius 1 is 1.31 bits per heavy atom. The second-order valence-electron chi connectivity index (χ2n) is 4.90. The first-order chi connectivity index (χ1) is 7.84. The highest BCUT2D eigenvalue weighted by Crippen LogP contribution is 2.20. The lowest BCUT2D eigenvalue weighted by atomic mass is 10.2. The van der Waals surface area contributed by atoms with Gasteiger partial charge in [-0.05, 0) is 44.2 Å². The normalized spacial score (nSPS) is 23.6. The molecular formula is C13H18N2O. The first kappa shape index (κ1) is 10.1. The van der Waals surface area contributed by atoms with Crippen molar-refractivity contribution < 1.29 is 0 Å². The number of nitrogens with zero attached hydrogens (tertiary/aromatic N) is 1. The molecule has 0 unspecified atom stereocenters. The van der Waals surface area contributed by atoms with Crippen molar-refractivity contribution in [3.63, 3.8) is 0 Å². The molecule has 2 heterocycles. The van der Waals surface area contributed by atoms with Crippen LogP contribution in [0.3, 0.4) is 0 Å². The minimum Gasteiger partial charge on any atom is -0.312 e. The van der Waals surface area contributed by atoms with E-state index in [-0.39, 0.29) is 5.56 Å². The largest absolute Gasteiger partial charge is 0.312 e. The highest BCUT2D eigenvalue weighted by atomic mass is 16.1. The predicted molar refractivity (Wildman–Crippen MR) is 63.8 cm³/mol. The van der Waals surface area contributed by atoms with E-state index in [1.54, 1.807) is 6.07 Å². The summed E-state index contributed by atoms with van der Waals surface area (Å²) in [4.78, 5) is 11.9. The Morgan fingerprint density at radius 2 is 2.25 bits per heavy atom. The third-order valence-electron chi connectivity index (χ3n) is 3.81. The highest BCUT2D eigenvalue weighted by molar-refractivity contribution is 5.25. The molecule has 0 saturated carbocycles. The van der Waals surface area contributed by atoms with Gasteiger partial charge in [0.1, 0.15) is 0 Å². The molecule has 0 bridgehead atoms. The van der Waals surface area contributed by atoms with Gasteiger partial charge in [0.25, 0.3) is 5.56 Å². The van der Waals surface area contributed by atoms with Crippen LogP contribution in [0, 0.1) is 0 Å². The summed E-state index contributed by atoms with van der Waals surface area (Å²) in [7, 11) is 0. The summed E-state index contributed by atoms with van der Waals surface area (Å²) >= 11 is 0. The van der Waals surface area contributed by atoms with Gasteiger partial charge in [-0.15, -0.1) is 0 Å². The Balaban J connectivity index is 1.93. The minimum atomic E-state index is 0.175. The molecule has 2 aliphatic rings. The van der Waals surface area contributed by atoms with Crippen LogP contribution in [0.15, 0.2) is 16.9 Å². The van der Waals surface area contributed by atoms with Gasteiger partial charge in [-0.2, -0.15) is 0 Å². The van der Waals surface area contributed by atoms with Gasteiger partial charge in [0.15, 0.2) is 0 Å². The van der Waals surface area contributed by atoms with Crippen molar-refractivity contribution in [2.75, 3.05) is 6.54 Å². The van der Waals surface area contributed by atoms with Gasteiger partial charge in [-0.3, -0.25) is 4.79 Å². The first-order valence-corrected chi connectivity index (χ1v) is 6.29. The molecule has 3 nitrogen and oxygen atoms in total. The van der Waals surface area contributed by atoms with E-state index in [0.717, 1.165) is 25.9 Å². The number of fused-ring (bicyclic) bond motifs is 1. The average Bonchev–Trinajstić information content (AvgIpc) is 2.92. The van der Waals surface area contributed by atoms with Crippen LogP contribution in [0.2, 0.25) is 0 Å². The third kappa shape index (κ3) is 1.69. The summed E-state index contributed by atoms with van der Waals surface area (Å²) in [6.07, 6.45) is 5.88. The Bertz CT molecular complexity index is 444. The van der Waals surface area contributed by atoms with E-state index in [1.165, 1.54) is 30.5 Å². The van der Waals surface area contributed by atoms with E-state index in [9.17, 15) is 4.79 Å². The number of rotatable bonds is 2. The van der Waals surface area contributed by atoms with E-state index in [0.29, 0.717) is 6.04 Å². The minimum absolute atomic E-state index is 0.175. The van der Waals surface area contributed by atoms with Gasteiger partial charge in [0, 0.05) is 24.3 Å². The Hall–Kier alpha value is -1.09. The predicted octanol–water partition coefficient (Wildman–Crippen LogP) is 1.09. The van der Waals surface area contributed by atoms with E-state index < -0.39 is 0 Å². The molecule has 1 aliphatic carbocycles. The van der Waals surface area contributed by atoms with Crippen LogP contribution in [0.4, 0.5) is 0 Å². The Morgan fingerprint density at radius 3 is 3.06 bits per heavy atom. The van der Waals surface area contributed by atoms with Crippen molar-refractivity contribution in [3.05, 3.63) is 33.7 Å². The van der Waals surface area contributed by atoms with E-state index in [1.807, 2.05) is 10.6 Å². The monoisotopic (exact) mass is 218 g/mol. The number of nitrogens with one attached hydrogen (secondary N) is 1. The number of aryl methyl sites for hydroxylation is 1. The lowest BCUT2D eigenvalue weighted by Gasteiger charge is -2.16. The Kier molecular flexibility index (Phi) is 2.56. The van der Waals surface area contributed by atoms with Gasteiger partial charge in [0.2, 0.25) is 0 Å². The molecule has 0 amide bonds. The zero-order valence-corrected chi connectivity index (χ0v) is 9.54. The summed E-state index contributed by atoms with van der Waals surface area (Å²) in [5.41, 5.74) is 2.85. The summed E-state index contributed by atoms with van der Waals surface area (Å²) in [5, 5.41) is 3.46. The summed E-state index contributed by atoms with van der Waals surface area (Å²) in [5.74, 6) is 0. The van der Waals surface area contributed by atoms with Gasteiger partial charge < -0.3 is 9.88 Å². The number of hydrogen-bond donors (Lipinski definition) is 1. The van der Waals surface area contributed by atoms with Crippen LogP contribution in [0.5, 0.6) is 0 Å². The zero-order chi connectivity index (χ0) is 11.0. The molecule has 3 heteroatoms. The molecule has 1 aromatic rings. The molecule has 1 N–H and O–H groups in total. The molecule has 1 saturated heterocycles. The van der Waals surface area contributed by atoms with Crippen molar-refractivity contribution in [2.45, 2.75) is 44.7 Å². The molecular weight excluding hydrogens is 200 g/mol. The zero-order valence-electron chi connectivity index (χ0n) is 9.54. The fourth-order valence-electron chi connectivity index (χ4n) is 2.97. The second kappa shape index (κ2) is 4.06. The SMILES string of the molecule is O=c1ccc2c(n1C[C@@H]1CCCN1)CCC2. The fourth-order valence-corrected chi connectivity index (χ4v) is 2.97. The number of aromatic nitrogens is 1. The summed E-state index contributed by atoms with van der Waals surface area (Å²) < 4.78 is 2.01. The molecule has 1 aliphatic heterocycles. The van der Waals surface area contributed by atoms with Crippen LogP contribution in [0.25, 0.3) is 0 Å². The van der Waals surface area contributed by atoms with E-state index in [2.05, 4.69) is 5.32 Å². The second-order valence-corrected chi connectivity index (χ2v) is 4.90. The van der Waals surface area contributed by atoms with E-state index in [4.69, 9.17) is 0 Å². The van der Waals surface area contributed by atoms with Crippen LogP contribution in [-0.4, -0.2) is 17.2 Å². The van der Waals surface area contributed by atoms with Gasteiger partial charge in [-0.1, -0.05) is 6.07 Å². The standard InChI is InChI=1S/C13H18N2O/c16-13-7-6-10-3-1-5-12(10)15(13)9-11-4-2-8-14-11/h6-7,11,14H,1-5,8-9H2/t11-/m0/s1. The summed E-state index contributed by atoms with van der Waals surface area (Å²) in [6, 6.07) is 4.26. The molecule has 1 aromatic heterocycles. The molecule has 16 heavy (non-hydrogen) atoms. The van der Waals surface area contributed by atoms with Gasteiger partial charge in [-0.25, -0.2) is 0 Å². The van der Waals surface area contributed by atoms with Crippen LogP contribution in [-0.2, 0) is 19.4 Å². The van der Waals surface area contributed by atoms with Gasteiger partial charge in [0.05, 0.1) is 0 Å². The van der Waals surface area contributed by atoms with Crippen molar-refractivity contribution >= 4 is 0 Å². The summed E-state index contributed by atoms with van der Waals surface area (Å²) in [6.45, 7) is 1.97. The molecule has 0 spiro atoms. The molecule has 1 atom stereocenters. The maximum absolute atomic E-state index is 11.9. The maximum atomic E-state index is 11.9. The maximum Gasteiger partial charge on any atom is 0.250 e. The highest BCUT2D eigenvalue weighted by Gasteiger charge is 2.20. The van der Waals surface area contributed by atoms with Crippen molar-refractivity contribution in [1.29, 1.82) is 0 Å². The van der Waals surface area contributed by atoms with Crippen LogP contribution >= 0.6 is 0 Å². The molecule has 0 radical (unpaired) electrons. The van der Waals surface area contributed by atoms with Crippen molar-refractivity contribution in [1.82, 2.24) is 9.88 Å². The lowest BCUT2D eigenvalue weighted by Crippen LogP contribution is -2.33. The van der Waals surface area contributed by atoms with Crippen LogP contribution in [0.1, 0.15) is 30.5 Å². The molecule has 0 aromatic carbocycles. The van der Waals surface area contributed by atoms with Crippen LogP contribution < -0.4 is 10.9 Å². The topological polar surface area (TPSA) is 34.0 Å². The van der Waals surface area contributed by atoms with E-state index >= 15 is 0 Å². The average molecular weight is 218 g/mol. The lowest BCUT2D eigenvalue weighted by molar-refractivity contribution is 0.488.